The third-order valence-corrected chi connectivity index (χ3v) is 4.87. The summed E-state index contributed by atoms with van der Waals surface area (Å²) in [6.07, 6.45) is -2.94. The Labute approximate surface area is 164 Å². The Morgan fingerprint density at radius 1 is 1.31 bits per heavy atom. The minimum absolute atomic E-state index is 0.165. The van der Waals surface area contributed by atoms with E-state index in [4.69, 9.17) is 9.15 Å². The zero-order valence-electron chi connectivity index (χ0n) is 15.5. The molecule has 0 bridgehead atoms. The summed E-state index contributed by atoms with van der Waals surface area (Å²) in [4.78, 5) is 18.3. The van der Waals surface area contributed by atoms with Crippen molar-refractivity contribution in [1.82, 2.24) is 10.3 Å². The number of halogens is 3. The molecule has 0 spiro atoms. The largest absolute Gasteiger partial charge is 0.493 e. The Morgan fingerprint density at radius 3 is 2.83 bits per heavy atom. The van der Waals surface area contributed by atoms with Crippen LogP contribution in [-0.4, -0.2) is 37.1 Å². The predicted molar refractivity (Wildman–Crippen MR) is 100 cm³/mol. The van der Waals surface area contributed by atoms with Crippen LogP contribution in [0.15, 0.2) is 47.0 Å². The molecule has 0 saturated carbocycles. The fourth-order valence-electron chi connectivity index (χ4n) is 3.39. The van der Waals surface area contributed by atoms with Crippen LogP contribution in [0.3, 0.4) is 0 Å². The lowest BCUT2D eigenvalue weighted by Crippen LogP contribution is -2.37. The van der Waals surface area contributed by atoms with Crippen LogP contribution in [0, 0.1) is 0 Å². The Bertz CT molecular complexity index is 1030. The van der Waals surface area contributed by atoms with Gasteiger partial charge in [-0.1, -0.05) is 12.1 Å². The molecular weight excluding hydrogens is 387 g/mol. The first kappa shape index (κ1) is 19.1. The summed E-state index contributed by atoms with van der Waals surface area (Å²) in [6.45, 7) is 1.03. The van der Waals surface area contributed by atoms with E-state index in [9.17, 15) is 18.0 Å². The van der Waals surface area contributed by atoms with Gasteiger partial charge in [-0.2, -0.15) is 13.2 Å². The van der Waals surface area contributed by atoms with Gasteiger partial charge in [0.2, 0.25) is 0 Å². The maximum atomic E-state index is 12.7. The van der Waals surface area contributed by atoms with E-state index in [1.165, 1.54) is 13.2 Å². The van der Waals surface area contributed by atoms with Crippen LogP contribution in [0.25, 0.3) is 11.0 Å². The number of rotatable bonds is 4. The molecule has 6 nitrogen and oxygen atoms in total. The summed E-state index contributed by atoms with van der Waals surface area (Å²) in [5.41, 5.74) is -0.284. The highest BCUT2D eigenvalue weighted by molar-refractivity contribution is 5.97. The lowest BCUT2D eigenvalue weighted by molar-refractivity contribution is -0.137. The number of furan rings is 1. The lowest BCUT2D eigenvalue weighted by atomic mass is 10.2. The van der Waals surface area contributed by atoms with E-state index in [1.54, 1.807) is 12.1 Å². The molecular formula is C20H18F3N3O3. The van der Waals surface area contributed by atoms with E-state index in [1.807, 2.05) is 17.0 Å². The number of carbonyl (C=O) groups is 1. The third kappa shape index (κ3) is 3.85. The van der Waals surface area contributed by atoms with Gasteiger partial charge in [-0.15, -0.1) is 0 Å². The van der Waals surface area contributed by atoms with E-state index < -0.39 is 11.7 Å². The van der Waals surface area contributed by atoms with Crippen LogP contribution in [0.2, 0.25) is 0 Å². The number of amides is 1. The second-order valence-electron chi connectivity index (χ2n) is 6.80. The third-order valence-electron chi connectivity index (χ3n) is 4.87. The van der Waals surface area contributed by atoms with Gasteiger partial charge in [0.15, 0.2) is 17.1 Å². The van der Waals surface area contributed by atoms with Crippen LogP contribution in [-0.2, 0) is 6.18 Å². The summed E-state index contributed by atoms with van der Waals surface area (Å²) in [5, 5.41) is 3.67. The molecule has 152 valence electrons. The van der Waals surface area contributed by atoms with Crippen molar-refractivity contribution in [1.29, 1.82) is 0 Å². The highest BCUT2D eigenvalue weighted by atomic mass is 19.4. The van der Waals surface area contributed by atoms with E-state index in [2.05, 4.69) is 10.3 Å². The Balaban J connectivity index is 1.42. The van der Waals surface area contributed by atoms with E-state index in [0.717, 1.165) is 17.6 Å². The van der Waals surface area contributed by atoms with Crippen molar-refractivity contribution in [3.05, 3.63) is 53.9 Å². The molecule has 1 fully saturated rings. The van der Waals surface area contributed by atoms with Crippen LogP contribution >= 0.6 is 0 Å². The number of anilines is 1. The average molecular weight is 405 g/mol. The summed E-state index contributed by atoms with van der Waals surface area (Å²) in [7, 11) is 1.53. The molecule has 1 aliphatic rings. The Hall–Kier alpha value is -3.23. The zero-order valence-corrected chi connectivity index (χ0v) is 15.5. The van der Waals surface area contributed by atoms with Gasteiger partial charge in [0.25, 0.3) is 5.91 Å². The summed E-state index contributed by atoms with van der Waals surface area (Å²) < 4.78 is 48.9. The van der Waals surface area contributed by atoms with Gasteiger partial charge in [-0.05, 0) is 30.7 Å². The molecule has 2 aromatic heterocycles. The van der Waals surface area contributed by atoms with Crippen molar-refractivity contribution in [2.24, 2.45) is 0 Å². The first-order valence-electron chi connectivity index (χ1n) is 9.01. The lowest BCUT2D eigenvalue weighted by Gasteiger charge is -2.18. The minimum atomic E-state index is -4.41. The van der Waals surface area contributed by atoms with Crippen molar-refractivity contribution >= 4 is 22.7 Å². The molecule has 1 atom stereocenters. The van der Waals surface area contributed by atoms with Crippen LogP contribution in [0.5, 0.6) is 5.75 Å². The van der Waals surface area contributed by atoms with Gasteiger partial charge in [0.1, 0.15) is 5.82 Å². The molecule has 1 aromatic carbocycles. The van der Waals surface area contributed by atoms with Gasteiger partial charge in [-0.3, -0.25) is 4.79 Å². The van der Waals surface area contributed by atoms with Crippen molar-refractivity contribution in [3.63, 3.8) is 0 Å². The number of benzene rings is 1. The van der Waals surface area contributed by atoms with Gasteiger partial charge < -0.3 is 19.4 Å². The first-order chi connectivity index (χ1) is 13.8. The standard InChI is InChI=1S/C20H18F3N3O3/c1-28-15-4-2-3-12-9-16(29-18(12)15)19(27)25-14-7-8-26(11-14)17-6-5-13(10-24-17)20(21,22)23/h2-6,9-10,14H,7-8,11H2,1H3,(H,25,27). The van der Waals surface area contributed by atoms with Crippen molar-refractivity contribution in [3.8, 4) is 5.75 Å². The fraction of sp³-hybridized carbons (Fsp3) is 0.300. The molecule has 1 N–H and O–H groups in total. The molecule has 0 radical (unpaired) electrons. The molecule has 1 saturated heterocycles. The first-order valence-corrected chi connectivity index (χ1v) is 9.01. The fourth-order valence-corrected chi connectivity index (χ4v) is 3.39. The summed E-state index contributed by atoms with van der Waals surface area (Å²) in [6, 6.07) is 9.23. The van der Waals surface area contributed by atoms with E-state index in [0.29, 0.717) is 36.7 Å². The number of methoxy groups -OCH3 is 1. The second-order valence-corrected chi connectivity index (χ2v) is 6.80. The number of hydrogen-bond donors (Lipinski definition) is 1. The van der Waals surface area contributed by atoms with Crippen LogP contribution < -0.4 is 15.0 Å². The number of alkyl halides is 3. The molecule has 29 heavy (non-hydrogen) atoms. The number of hydrogen-bond acceptors (Lipinski definition) is 5. The smallest absolute Gasteiger partial charge is 0.417 e. The molecule has 1 aliphatic heterocycles. The number of nitrogens with one attached hydrogen (secondary N) is 1. The maximum Gasteiger partial charge on any atom is 0.417 e. The van der Waals surface area contributed by atoms with Gasteiger partial charge in [0, 0.05) is 30.7 Å². The number of aromatic nitrogens is 1. The van der Waals surface area contributed by atoms with E-state index in [-0.39, 0.29) is 17.7 Å². The van der Waals surface area contributed by atoms with Crippen molar-refractivity contribution in [2.45, 2.75) is 18.6 Å². The van der Waals surface area contributed by atoms with Crippen LogP contribution in [0.4, 0.5) is 19.0 Å². The number of ether oxygens (including phenoxy) is 1. The number of para-hydroxylation sites is 1. The summed E-state index contributed by atoms with van der Waals surface area (Å²) in [5.74, 6) is 0.816. The van der Waals surface area contributed by atoms with Crippen LogP contribution in [0.1, 0.15) is 22.5 Å². The summed E-state index contributed by atoms with van der Waals surface area (Å²) >= 11 is 0. The van der Waals surface area contributed by atoms with Gasteiger partial charge >= 0.3 is 6.18 Å². The normalized spacial score (nSPS) is 17.0. The van der Waals surface area contributed by atoms with E-state index >= 15 is 0 Å². The predicted octanol–water partition coefficient (Wildman–Crippen LogP) is 3.86. The molecule has 4 rings (SSSR count). The van der Waals surface area contributed by atoms with Gasteiger partial charge in [-0.25, -0.2) is 4.98 Å². The highest BCUT2D eigenvalue weighted by Gasteiger charge is 2.32. The SMILES string of the molecule is COc1cccc2cc(C(=O)NC3CCN(c4ccc(C(F)(F)F)cn4)C3)oc12. The number of nitrogens with zero attached hydrogens (tertiary/aromatic N) is 2. The molecule has 0 aliphatic carbocycles. The monoisotopic (exact) mass is 405 g/mol. The van der Waals surface area contributed by atoms with Crippen molar-refractivity contribution < 1.29 is 27.1 Å². The highest BCUT2D eigenvalue weighted by Crippen LogP contribution is 2.30. The van der Waals surface area contributed by atoms with Crippen molar-refractivity contribution in [2.75, 3.05) is 25.1 Å². The molecule has 9 heteroatoms. The Kier molecular flexibility index (Phi) is 4.81. The zero-order chi connectivity index (χ0) is 20.6. The topological polar surface area (TPSA) is 67.6 Å². The molecule has 1 amide bonds. The quantitative estimate of drug-likeness (QED) is 0.714. The Morgan fingerprint density at radius 2 is 2.14 bits per heavy atom. The second kappa shape index (κ2) is 7.31. The maximum absolute atomic E-state index is 12.7. The minimum Gasteiger partial charge on any atom is -0.493 e. The molecule has 1 unspecified atom stereocenters. The number of pyridine rings is 1. The number of fused-ring (bicyclic) bond motifs is 1. The number of carbonyl (C=O) groups excluding carboxylic acids is 1. The van der Waals surface area contributed by atoms with Gasteiger partial charge in [0.05, 0.1) is 12.7 Å². The molecule has 3 heterocycles. The molecule has 3 aromatic rings. The average Bonchev–Trinajstić information content (AvgIpc) is 3.34.